The highest BCUT2D eigenvalue weighted by Gasteiger charge is 2.47. The van der Waals surface area contributed by atoms with Crippen LogP contribution in [0.2, 0.25) is 0 Å². The molecule has 2 atom stereocenters. The number of carbonyl (C=O) groups is 2. The van der Waals surface area contributed by atoms with Crippen LogP contribution in [0.15, 0.2) is 0 Å². The van der Waals surface area contributed by atoms with E-state index in [1.54, 1.807) is 11.8 Å². The Morgan fingerprint density at radius 3 is 2.58 bits per heavy atom. The molecule has 2 rings (SSSR count). The van der Waals surface area contributed by atoms with Crippen LogP contribution in [0.25, 0.3) is 0 Å². The van der Waals surface area contributed by atoms with Crippen LogP contribution in [0, 0.1) is 5.92 Å². The van der Waals surface area contributed by atoms with E-state index in [4.69, 9.17) is 0 Å². The van der Waals surface area contributed by atoms with Gasteiger partial charge in [0.05, 0.1) is 0 Å². The number of carboxylic acids is 1. The zero-order valence-electron chi connectivity index (χ0n) is 11.9. The second-order valence-electron chi connectivity index (χ2n) is 6.14. The van der Waals surface area contributed by atoms with Gasteiger partial charge in [-0.25, -0.2) is 9.59 Å². The Kier molecular flexibility index (Phi) is 4.02. The first-order valence-electron chi connectivity index (χ1n) is 7.25. The lowest BCUT2D eigenvalue weighted by molar-refractivity contribution is -0.147. The van der Waals surface area contributed by atoms with Gasteiger partial charge in [0.1, 0.15) is 5.54 Å². The molecule has 108 valence electrons. The van der Waals surface area contributed by atoms with Gasteiger partial charge in [-0.15, -0.1) is 0 Å². The maximum Gasteiger partial charge on any atom is 0.329 e. The molecule has 2 saturated heterocycles. The maximum atomic E-state index is 12.6. The zero-order chi connectivity index (χ0) is 14.0. The quantitative estimate of drug-likeness (QED) is 0.792. The Morgan fingerprint density at radius 1 is 1.16 bits per heavy atom. The molecular weight excluding hydrogens is 244 g/mol. The molecule has 2 amide bonds. The van der Waals surface area contributed by atoms with Gasteiger partial charge in [-0.05, 0) is 44.9 Å². The van der Waals surface area contributed by atoms with Gasteiger partial charge in [-0.1, -0.05) is 6.92 Å². The molecule has 2 aliphatic heterocycles. The lowest BCUT2D eigenvalue weighted by atomic mass is 10.00. The summed E-state index contributed by atoms with van der Waals surface area (Å²) in [5, 5.41) is 9.38. The lowest BCUT2D eigenvalue weighted by Crippen LogP contribution is -2.55. The molecule has 0 aromatic rings. The number of nitrogens with zero attached hydrogens (tertiary/aromatic N) is 2. The van der Waals surface area contributed by atoms with E-state index < -0.39 is 11.5 Å². The molecule has 5 nitrogen and oxygen atoms in total. The SMILES string of the molecule is CC1CCCN(C(=O)N2CCCC2(C)C(=O)O)CC1. The molecule has 2 aliphatic rings. The van der Waals surface area contributed by atoms with Crippen LogP contribution >= 0.6 is 0 Å². The molecule has 0 radical (unpaired) electrons. The van der Waals surface area contributed by atoms with Crippen molar-refractivity contribution >= 4 is 12.0 Å². The molecule has 5 heteroatoms. The van der Waals surface area contributed by atoms with Crippen molar-refractivity contribution in [2.75, 3.05) is 19.6 Å². The molecular formula is C14H24N2O3. The molecule has 2 heterocycles. The molecule has 0 aliphatic carbocycles. The van der Waals surface area contributed by atoms with Crippen LogP contribution in [0.5, 0.6) is 0 Å². The number of urea groups is 1. The highest BCUT2D eigenvalue weighted by Crippen LogP contribution is 2.31. The third kappa shape index (κ3) is 2.69. The van der Waals surface area contributed by atoms with Crippen LogP contribution in [-0.4, -0.2) is 52.1 Å². The van der Waals surface area contributed by atoms with Crippen molar-refractivity contribution in [1.82, 2.24) is 9.80 Å². The number of hydrogen-bond donors (Lipinski definition) is 1. The van der Waals surface area contributed by atoms with Gasteiger partial charge in [0.2, 0.25) is 0 Å². The first kappa shape index (κ1) is 14.2. The third-order valence-electron chi connectivity index (χ3n) is 4.62. The van der Waals surface area contributed by atoms with Crippen molar-refractivity contribution in [3.8, 4) is 0 Å². The minimum absolute atomic E-state index is 0.0866. The number of likely N-dealkylation sites (tertiary alicyclic amines) is 2. The zero-order valence-corrected chi connectivity index (χ0v) is 11.9. The topological polar surface area (TPSA) is 60.9 Å². The summed E-state index contributed by atoms with van der Waals surface area (Å²) in [6.45, 7) is 5.96. The van der Waals surface area contributed by atoms with Crippen molar-refractivity contribution in [3.63, 3.8) is 0 Å². The van der Waals surface area contributed by atoms with Gasteiger partial charge in [0, 0.05) is 19.6 Å². The molecule has 0 bridgehead atoms. The summed E-state index contributed by atoms with van der Waals surface area (Å²) in [7, 11) is 0. The molecule has 19 heavy (non-hydrogen) atoms. The Labute approximate surface area is 114 Å². The normalized spacial score (nSPS) is 32.2. The summed E-state index contributed by atoms with van der Waals surface area (Å²) in [6, 6.07) is -0.0866. The summed E-state index contributed by atoms with van der Waals surface area (Å²) in [6.07, 6.45) is 4.52. The molecule has 0 aromatic heterocycles. The predicted octanol–water partition coefficient (Wildman–Crippen LogP) is 2.17. The number of aliphatic carboxylic acids is 1. The van der Waals surface area contributed by atoms with Gasteiger partial charge in [-0.2, -0.15) is 0 Å². The summed E-state index contributed by atoms with van der Waals surface area (Å²) < 4.78 is 0. The smallest absolute Gasteiger partial charge is 0.329 e. The highest BCUT2D eigenvalue weighted by molar-refractivity contribution is 5.86. The van der Waals surface area contributed by atoms with E-state index >= 15 is 0 Å². The summed E-state index contributed by atoms with van der Waals surface area (Å²) in [4.78, 5) is 27.4. The summed E-state index contributed by atoms with van der Waals surface area (Å²) >= 11 is 0. The van der Waals surface area contributed by atoms with Crippen LogP contribution in [0.3, 0.4) is 0 Å². The van der Waals surface area contributed by atoms with E-state index in [9.17, 15) is 14.7 Å². The first-order chi connectivity index (χ1) is 8.95. The minimum atomic E-state index is -1.02. The maximum absolute atomic E-state index is 12.6. The number of rotatable bonds is 1. The van der Waals surface area contributed by atoms with E-state index in [1.807, 2.05) is 4.90 Å². The minimum Gasteiger partial charge on any atom is -0.480 e. The molecule has 0 aromatic carbocycles. The molecule has 0 spiro atoms. The first-order valence-corrected chi connectivity index (χ1v) is 7.25. The van der Waals surface area contributed by atoms with E-state index in [-0.39, 0.29) is 6.03 Å². The third-order valence-corrected chi connectivity index (χ3v) is 4.62. The van der Waals surface area contributed by atoms with Crippen molar-refractivity contribution in [3.05, 3.63) is 0 Å². The monoisotopic (exact) mass is 268 g/mol. The van der Waals surface area contributed by atoms with Gasteiger partial charge >= 0.3 is 12.0 Å². The van der Waals surface area contributed by atoms with Gasteiger partial charge < -0.3 is 14.9 Å². The fraction of sp³-hybridized carbons (Fsp3) is 0.857. The van der Waals surface area contributed by atoms with E-state index in [0.29, 0.717) is 18.9 Å². The van der Waals surface area contributed by atoms with Crippen LogP contribution < -0.4 is 0 Å². The van der Waals surface area contributed by atoms with Gasteiger partial charge in [0.25, 0.3) is 0 Å². The molecule has 1 N–H and O–H groups in total. The van der Waals surface area contributed by atoms with Crippen LogP contribution in [-0.2, 0) is 4.79 Å². The Balaban J connectivity index is 2.08. The molecule has 2 fully saturated rings. The Bertz CT molecular complexity index is 372. The van der Waals surface area contributed by atoms with Crippen molar-refractivity contribution in [2.24, 2.45) is 5.92 Å². The average Bonchev–Trinajstić information content (AvgIpc) is 2.63. The highest BCUT2D eigenvalue weighted by atomic mass is 16.4. The summed E-state index contributed by atoms with van der Waals surface area (Å²) in [5.41, 5.74) is -1.02. The van der Waals surface area contributed by atoms with Crippen molar-refractivity contribution < 1.29 is 14.7 Å². The average molecular weight is 268 g/mol. The standard InChI is InChI=1S/C14H24N2O3/c1-11-5-3-8-15(10-6-11)13(19)16-9-4-7-14(16,2)12(17)18/h11H,3-10H2,1-2H3,(H,17,18). The summed E-state index contributed by atoms with van der Waals surface area (Å²) in [5.74, 6) is -0.233. The van der Waals surface area contributed by atoms with Crippen molar-refractivity contribution in [1.29, 1.82) is 0 Å². The van der Waals surface area contributed by atoms with Crippen molar-refractivity contribution in [2.45, 2.75) is 51.5 Å². The van der Waals surface area contributed by atoms with Gasteiger partial charge in [0.15, 0.2) is 0 Å². The van der Waals surface area contributed by atoms with E-state index in [0.717, 1.165) is 38.8 Å². The molecule has 2 unspecified atom stereocenters. The number of hydrogen-bond acceptors (Lipinski definition) is 2. The second kappa shape index (κ2) is 5.39. The predicted molar refractivity (Wildman–Crippen MR) is 72.0 cm³/mol. The van der Waals surface area contributed by atoms with Gasteiger partial charge in [-0.3, -0.25) is 0 Å². The molecule has 0 saturated carbocycles. The Morgan fingerprint density at radius 2 is 1.89 bits per heavy atom. The largest absolute Gasteiger partial charge is 0.480 e. The number of carboxylic acid groups (broad SMARTS) is 1. The second-order valence-corrected chi connectivity index (χ2v) is 6.14. The number of carbonyl (C=O) groups excluding carboxylic acids is 1. The lowest BCUT2D eigenvalue weighted by Gasteiger charge is -2.35. The fourth-order valence-electron chi connectivity index (χ4n) is 3.12. The van der Waals surface area contributed by atoms with E-state index in [1.165, 1.54) is 0 Å². The Hall–Kier alpha value is -1.26. The van der Waals surface area contributed by atoms with Crippen LogP contribution in [0.4, 0.5) is 4.79 Å². The van der Waals surface area contributed by atoms with Crippen LogP contribution in [0.1, 0.15) is 46.0 Å². The number of amides is 2. The fourth-order valence-corrected chi connectivity index (χ4v) is 3.12. The van der Waals surface area contributed by atoms with E-state index in [2.05, 4.69) is 6.92 Å².